The molecule has 7 nitrogen and oxygen atoms in total. The summed E-state index contributed by atoms with van der Waals surface area (Å²) in [6, 6.07) is 9.43. The van der Waals surface area contributed by atoms with Crippen LogP contribution in [0.4, 0.5) is 0 Å². The van der Waals surface area contributed by atoms with E-state index in [0.717, 1.165) is 29.2 Å². The zero-order valence-electron chi connectivity index (χ0n) is 16.7. The van der Waals surface area contributed by atoms with Crippen molar-refractivity contribution in [2.45, 2.75) is 39.2 Å². The molecule has 0 bridgehead atoms. The highest BCUT2D eigenvalue weighted by Gasteiger charge is 2.22. The molecule has 0 spiro atoms. The minimum absolute atomic E-state index is 0.0647. The van der Waals surface area contributed by atoms with Crippen LogP contribution < -0.4 is 14.8 Å². The van der Waals surface area contributed by atoms with Crippen molar-refractivity contribution in [1.29, 1.82) is 0 Å². The molecule has 2 heterocycles. The average molecular weight is 395 g/mol. The summed E-state index contributed by atoms with van der Waals surface area (Å²) in [7, 11) is 0. The molecule has 1 fully saturated rings. The number of oxazole rings is 1. The first-order chi connectivity index (χ1) is 14.0. The smallest absolute Gasteiger partial charge is 0.217 e. The first kappa shape index (κ1) is 19.2. The molecular formula is C22H25N3O4. The van der Waals surface area contributed by atoms with Gasteiger partial charge in [-0.25, -0.2) is 4.98 Å². The van der Waals surface area contributed by atoms with Gasteiger partial charge in [-0.05, 0) is 49.9 Å². The minimum Gasteiger partial charge on any atom is -0.493 e. The fraction of sp³-hybridized carbons (Fsp3) is 0.409. The van der Waals surface area contributed by atoms with Gasteiger partial charge < -0.3 is 19.2 Å². The Kier molecular flexibility index (Phi) is 5.64. The monoisotopic (exact) mass is 395 g/mol. The number of fused-ring (bicyclic) bond motifs is 1. The molecule has 1 aliphatic rings. The highest BCUT2D eigenvalue weighted by molar-refractivity contribution is 5.74. The molecule has 0 aliphatic heterocycles. The summed E-state index contributed by atoms with van der Waals surface area (Å²) in [5.41, 5.74) is 2.37. The topological polar surface area (TPSA) is 86.5 Å². The maximum Gasteiger partial charge on any atom is 0.217 e. The quantitative estimate of drug-likeness (QED) is 0.597. The number of nitrogens with zero attached hydrogens (tertiary/aromatic N) is 2. The van der Waals surface area contributed by atoms with Crippen molar-refractivity contribution in [2.24, 2.45) is 5.92 Å². The zero-order chi connectivity index (χ0) is 20.2. The van der Waals surface area contributed by atoms with Gasteiger partial charge in [-0.2, -0.15) is 0 Å². The standard InChI is InChI=1S/C22H25N3O4/c1-14(24-15(2)26)12-27-19-6-5-17(23-11-19)9-22-25-20-8-7-18(10-21(20)29-22)28-13-16-3-4-16/h5-8,10-11,14,16H,3-4,9,12-13H2,1-2H3,(H,24,26)/t14-/m0/s1. The lowest BCUT2D eigenvalue weighted by Gasteiger charge is -2.13. The summed E-state index contributed by atoms with van der Waals surface area (Å²) >= 11 is 0. The molecule has 1 atom stereocenters. The second-order valence-electron chi connectivity index (χ2n) is 7.57. The average Bonchev–Trinajstić information content (AvgIpc) is 3.44. The van der Waals surface area contributed by atoms with Gasteiger partial charge in [0.2, 0.25) is 11.8 Å². The number of amides is 1. The number of carbonyl (C=O) groups excluding carboxylic acids is 1. The van der Waals surface area contributed by atoms with Crippen molar-refractivity contribution in [3.63, 3.8) is 0 Å². The Balaban J connectivity index is 1.34. The van der Waals surface area contributed by atoms with Crippen LogP contribution in [0.1, 0.15) is 38.3 Å². The summed E-state index contributed by atoms with van der Waals surface area (Å²) in [4.78, 5) is 20.0. The van der Waals surface area contributed by atoms with E-state index < -0.39 is 0 Å². The van der Waals surface area contributed by atoms with Gasteiger partial charge in [-0.15, -0.1) is 0 Å². The number of ether oxygens (including phenoxy) is 2. The van der Waals surface area contributed by atoms with Crippen LogP contribution >= 0.6 is 0 Å². The maximum atomic E-state index is 11.0. The molecule has 4 rings (SSSR count). The summed E-state index contributed by atoms with van der Waals surface area (Å²) in [6.07, 6.45) is 4.69. The Morgan fingerprint density at radius 3 is 2.79 bits per heavy atom. The first-order valence-electron chi connectivity index (χ1n) is 9.92. The van der Waals surface area contributed by atoms with Crippen LogP contribution in [0, 0.1) is 5.92 Å². The van der Waals surface area contributed by atoms with Crippen LogP contribution in [0.2, 0.25) is 0 Å². The summed E-state index contributed by atoms with van der Waals surface area (Å²) in [5, 5.41) is 2.78. The van der Waals surface area contributed by atoms with E-state index in [9.17, 15) is 4.79 Å². The predicted molar refractivity (Wildman–Crippen MR) is 108 cm³/mol. The van der Waals surface area contributed by atoms with Gasteiger partial charge in [0.1, 0.15) is 23.6 Å². The van der Waals surface area contributed by atoms with Crippen molar-refractivity contribution in [1.82, 2.24) is 15.3 Å². The Hall–Kier alpha value is -3.09. The maximum absolute atomic E-state index is 11.0. The van der Waals surface area contributed by atoms with E-state index in [0.29, 0.717) is 30.6 Å². The van der Waals surface area contributed by atoms with E-state index in [2.05, 4.69) is 15.3 Å². The second-order valence-corrected chi connectivity index (χ2v) is 7.57. The Bertz CT molecular complexity index is 979. The molecule has 2 aromatic heterocycles. The summed E-state index contributed by atoms with van der Waals surface area (Å²) < 4.78 is 17.3. The molecule has 3 aromatic rings. The van der Waals surface area contributed by atoms with Gasteiger partial charge in [-0.1, -0.05) is 0 Å². The van der Waals surface area contributed by atoms with Crippen molar-refractivity contribution in [2.75, 3.05) is 13.2 Å². The fourth-order valence-corrected chi connectivity index (χ4v) is 2.98. The van der Waals surface area contributed by atoms with Gasteiger partial charge in [0.05, 0.1) is 25.3 Å². The van der Waals surface area contributed by atoms with Crippen LogP contribution in [-0.2, 0) is 11.2 Å². The fourth-order valence-electron chi connectivity index (χ4n) is 2.98. The van der Waals surface area contributed by atoms with Gasteiger partial charge in [0.15, 0.2) is 5.58 Å². The van der Waals surface area contributed by atoms with Gasteiger partial charge in [-0.3, -0.25) is 9.78 Å². The third-order valence-electron chi connectivity index (χ3n) is 4.67. The molecular weight excluding hydrogens is 370 g/mol. The number of rotatable bonds is 9. The molecule has 29 heavy (non-hydrogen) atoms. The normalized spacial score (nSPS) is 14.6. The Labute approximate surface area is 169 Å². The number of benzene rings is 1. The molecule has 1 aromatic carbocycles. The molecule has 1 aliphatic carbocycles. The van der Waals surface area contributed by atoms with E-state index in [1.165, 1.54) is 19.8 Å². The number of hydrogen-bond acceptors (Lipinski definition) is 6. The number of aromatic nitrogens is 2. The molecule has 1 N–H and O–H groups in total. The van der Waals surface area contributed by atoms with Crippen molar-refractivity contribution >= 4 is 17.0 Å². The Morgan fingerprint density at radius 2 is 2.07 bits per heavy atom. The molecule has 1 amide bonds. The lowest BCUT2D eigenvalue weighted by Crippen LogP contribution is -2.35. The zero-order valence-corrected chi connectivity index (χ0v) is 16.7. The molecule has 0 radical (unpaired) electrons. The van der Waals surface area contributed by atoms with Crippen LogP contribution in [0.5, 0.6) is 11.5 Å². The van der Waals surface area contributed by atoms with E-state index in [-0.39, 0.29) is 11.9 Å². The lowest BCUT2D eigenvalue weighted by atomic mass is 10.2. The van der Waals surface area contributed by atoms with Crippen LogP contribution in [0.15, 0.2) is 40.9 Å². The van der Waals surface area contributed by atoms with Crippen molar-refractivity contribution < 1.29 is 18.7 Å². The number of hydrogen-bond donors (Lipinski definition) is 1. The molecule has 1 saturated carbocycles. The largest absolute Gasteiger partial charge is 0.493 e. The summed E-state index contributed by atoms with van der Waals surface area (Å²) in [6.45, 7) is 4.53. The third-order valence-corrected chi connectivity index (χ3v) is 4.67. The van der Waals surface area contributed by atoms with Crippen LogP contribution in [-0.4, -0.2) is 35.1 Å². The molecule has 7 heteroatoms. The van der Waals surface area contributed by atoms with E-state index in [4.69, 9.17) is 13.9 Å². The van der Waals surface area contributed by atoms with Crippen LogP contribution in [0.3, 0.4) is 0 Å². The number of carbonyl (C=O) groups is 1. The number of nitrogens with one attached hydrogen (secondary N) is 1. The minimum atomic E-state index is -0.0745. The van der Waals surface area contributed by atoms with E-state index >= 15 is 0 Å². The van der Waals surface area contributed by atoms with E-state index in [1.54, 1.807) is 6.20 Å². The number of pyridine rings is 1. The summed E-state index contributed by atoms with van der Waals surface area (Å²) in [5.74, 6) is 2.72. The van der Waals surface area contributed by atoms with Crippen molar-refractivity contribution in [3.05, 3.63) is 48.1 Å². The van der Waals surface area contributed by atoms with Gasteiger partial charge in [0, 0.05) is 18.7 Å². The van der Waals surface area contributed by atoms with Gasteiger partial charge >= 0.3 is 0 Å². The van der Waals surface area contributed by atoms with E-state index in [1.807, 2.05) is 37.3 Å². The highest BCUT2D eigenvalue weighted by Crippen LogP contribution is 2.30. The van der Waals surface area contributed by atoms with Gasteiger partial charge in [0.25, 0.3) is 0 Å². The SMILES string of the molecule is CC(=O)N[C@@H](C)COc1ccc(Cc2nc3ccc(OCC4CC4)cc3o2)nc1. The second kappa shape index (κ2) is 8.51. The van der Waals surface area contributed by atoms with Crippen LogP contribution in [0.25, 0.3) is 11.1 Å². The highest BCUT2D eigenvalue weighted by atomic mass is 16.5. The first-order valence-corrected chi connectivity index (χ1v) is 9.92. The Morgan fingerprint density at radius 1 is 1.24 bits per heavy atom. The third kappa shape index (κ3) is 5.47. The van der Waals surface area contributed by atoms with Crippen molar-refractivity contribution in [3.8, 4) is 11.5 Å². The molecule has 0 unspecified atom stereocenters. The molecule has 0 saturated heterocycles. The lowest BCUT2D eigenvalue weighted by molar-refractivity contribution is -0.119. The predicted octanol–water partition coefficient (Wildman–Crippen LogP) is 3.51. The molecule has 152 valence electrons.